The molecule has 0 spiro atoms. The summed E-state index contributed by atoms with van der Waals surface area (Å²) in [6.45, 7) is 0.273. The van der Waals surface area contributed by atoms with E-state index in [0.717, 1.165) is 0 Å². The summed E-state index contributed by atoms with van der Waals surface area (Å²) in [6, 6.07) is 8.79. The third-order valence-corrected chi connectivity index (χ3v) is 3.64. The Hall–Kier alpha value is -0.900. The largest absolute Gasteiger partial charge is 0.462 e. The molecule has 0 amide bonds. The molecule has 2 rings (SSSR count). The summed E-state index contributed by atoms with van der Waals surface area (Å²) in [5.74, 6) is -0.364. The molecule has 2 nitrogen and oxygen atoms in total. The number of carbonyl (C=O) groups is 1. The fourth-order valence-electron chi connectivity index (χ4n) is 1.53. The van der Waals surface area contributed by atoms with Gasteiger partial charge in [0.2, 0.25) is 0 Å². The number of hydrogen-bond acceptors (Lipinski definition) is 2. The van der Waals surface area contributed by atoms with Crippen LogP contribution in [0.25, 0.3) is 0 Å². The summed E-state index contributed by atoms with van der Waals surface area (Å²) < 4.78 is 16.9. The second-order valence-corrected chi connectivity index (χ2v) is 5.27. The van der Waals surface area contributed by atoms with Crippen molar-refractivity contribution in [1.82, 2.24) is 0 Å². The molecule has 2 atom stereocenters. The number of esters is 1. The first kappa shape index (κ1) is 11.6. The third kappa shape index (κ3) is 2.82. The predicted octanol–water partition coefficient (Wildman–Crippen LogP) is 3.31. The fourth-order valence-corrected chi connectivity index (χ4v) is 2.15. The Morgan fingerprint density at radius 2 is 2.12 bits per heavy atom. The van der Waals surface area contributed by atoms with Crippen LogP contribution in [0.4, 0.5) is 4.39 Å². The van der Waals surface area contributed by atoms with Crippen molar-refractivity contribution in [2.45, 2.75) is 17.4 Å². The van der Waals surface area contributed by atoms with Gasteiger partial charge in [0.05, 0.1) is 12.2 Å². The number of halogens is 2. The predicted molar refractivity (Wildman–Crippen MR) is 62.2 cm³/mol. The molecule has 0 saturated heterocycles. The first-order valence-corrected chi connectivity index (χ1v) is 5.99. The smallest absolute Gasteiger partial charge is 0.338 e. The maximum Gasteiger partial charge on any atom is 0.338 e. The van der Waals surface area contributed by atoms with Crippen molar-refractivity contribution < 1.29 is 13.9 Å². The zero-order chi connectivity index (χ0) is 11.6. The van der Waals surface area contributed by atoms with Gasteiger partial charge in [-0.2, -0.15) is 0 Å². The molecule has 4 heteroatoms. The molecule has 0 aromatic heterocycles. The lowest BCUT2D eigenvalue weighted by molar-refractivity contribution is 0.0491. The minimum absolute atomic E-state index is 0.0175. The second-order valence-electron chi connectivity index (χ2n) is 3.95. The summed E-state index contributed by atoms with van der Waals surface area (Å²) in [5, 5.41) is 0. The molecule has 0 N–H and O–H groups in total. The van der Waals surface area contributed by atoms with Gasteiger partial charge >= 0.3 is 5.97 Å². The normalized spacial score (nSPS) is 27.5. The lowest BCUT2D eigenvalue weighted by Crippen LogP contribution is -2.07. The van der Waals surface area contributed by atoms with Gasteiger partial charge in [-0.3, -0.25) is 0 Å². The lowest BCUT2D eigenvalue weighted by atomic mass is 10.2. The van der Waals surface area contributed by atoms with Crippen LogP contribution >= 0.6 is 15.9 Å². The van der Waals surface area contributed by atoms with E-state index in [1.54, 1.807) is 24.3 Å². The number of benzene rings is 1. The summed E-state index contributed by atoms with van der Waals surface area (Å²) >= 11 is 2.96. The molecule has 1 aromatic carbocycles. The van der Waals surface area contributed by atoms with Crippen molar-refractivity contribution in [3.05, 3.63) is 35.9 Å². The summed E-state index contributed by atoms with van der Waals surface area (Å²) in [5.41, 5.74) is 0.531. The molecule has 86 valence electrons. The van der Waals surface area contributed by atoms with Crippen LogP contribution in [0.1, 0.15) is 23.2 Å². The minimum Gasteiger partial charge on any atom is -0.462 e. The second kappa shape index (κ2) is 4.53. The van der Waals surface area contributed by atoms with Gasteiger partial charge < -0.3 is 4.74 Å². The van der Waals surface area contributed by atoms with Crippen LogP contribution < -0.4 is 0 Å². The van der Waals surface area contributed by atoms with Gasteiger partial charge in [0.15, 0.2) is 4.58 Å². The van der Waals surface area contributed by atoms with E-state index in [2.05, 4.69) is 15.9 Å². The van der Waals surface area contributed by atoms with Crippen molar-refractivity contribution >= 4 is 21.9 Å². The molecule has 1 aromatic rings. The van der Waals surface area contributed by atoms with Crippen LogP contribution in [0, 0.1) is 5.92 Å². The highest BCUT2D eigenvalue weighted by molar-refractivity contribution is 9.10. The van der Waals surface area contributed by atoms with E-state index in [1.807, 2.05) is 6.07 Å². The fraction of sp³-hybridized carbons (Fsp3) is 0.417. The lowest BCUT2D eigenvalue weighted by Gasteiger charge is -2.04. The molecular formula is C12H12BrFO2. The Kier molecular flexibility index (Phi) is 3.28. The van der Waals surface area contributed by atoms with E-state index < -0.39 is 4.58 Å². The average Bonchev–Trinajstić information content (AvgIpc) is 2.87. The van der Waals surface area contributed by atoms with Gasteiger partial charge in [0.25, 0.3) is 0 Å². The highest BCUT2D eigenvalue weighted by Gasteiger charge is 2.52. The van der Waals surface area contributed by atoms with Crippen molar-refractivity contribution in [2.75, 3.05) is 6.61 Å². The Morgan fingerprint density at radius 1 is 1.50 bits per heavy atom. The van der Waals surface area contributed by atoms with Gasteiger partial charge in [0, 0.05) is 5.92 Å². The number of hydrogen-bond donors (Lipinski definition) is 0. The molecule has 1 fully saturated rings. The Balaban J connectivity index is 1.73. The summed E-state index contributed by atoms with van der Waals surface area (Å²) in [6.07, 6.45) is 1.08. The van der Waals surface area contributed by atoms with Gasteiger partial charge in [-0.05, 0) is 40.9 Å². The molecule has 0 bridgehead atoms. The number of ether oxygens (including phenoxy) is 1. The molecule has 0 heterocycles. The van der Waals surface area contributed by atoms with Crippen LogP contribution in [-0.2, 0) is 4.74 Å². The highest BCUT2D eigenvalue weighted by Crippen LogP contribution is 2.54. The molecule has 0 radical (unpaired) electrons. The van der Waals surface area contributed by atoms with E-state index in [1.165, 1.54) is 0 Å². The maximum atomic E-state index is 13.1. The van der Waals surface area contributed by atoms with Crippen LogP contribution in [0.15, 0.2) is 30.3 Å². The van der Waals surface area contributed by atoms with E-state index >= 15 is 0 Å². The quantitative estimate of drug-likeness (QED) is 0.627. The highest BCUT2D eigenvalue weighted by atomic mass is 79.9. The molecule has 0 aliphatic heterocycles. The third-order valence-electron chi connectivity index (χ3n) is 2.66. The Morgan fingerprint density at radius 3 is 2.69 bits per heavy atom. The van der Waals surface area contributed by atoms with Crippen molar-refractivity contribution in [1.29, 1.82) is 0 Å². The van der Waals surface area contributed by atoms with Crippen LogP contribution in [0.3, 0.4) is 0 Å². The van der Waals surface area contributed by atoms with Crippen LogP contribution in [-0.4, -0.2) is 17.2 Å². The van der Waals surface area contributed by atoms with Crippen LogP contribution in [0.5, 0.6) is 0 Å². The average molecular weight is 287 g/mol. The molecular weight excluding hydrogens is 275 g/mol. The first-order chi connectivity index (χ1) is 7.59. The van der Waals surface area contributed by atoms with E-state index in [9.17, 15) is 9.18 Å². The summed E-state index contributed by atoms with van der Waals surface area (Å²) in [7, 11) is 0. The molecule has 16 heavy (non-hydrogen) atoms. The van der Waals surface area contributed by atoms with Crippen molar-refractivity contribution in [3.63, 3.8) is 0 Å². The van der Waals surface area contributed by atoms with E-state index in [4.69, 9.17) is 4.74 Å². The summed E-state index contributed by atoms with van der Waals surface area (Å²) in [4.78, 5) is 11.5. The molecule has 1 saturated carbocycles. The zero-order valence-electron chi connectivity index (χ0n) is 8.66. The number of rotatable bonds is 4. The number of carbonyl (C=O) groups excluding carboxylic acids is 1. The topological polar surface area (TPSA) is 26.3 Å². The SMILES string of the molecule is O=C(OCCC1CC1(F)Br)c1ccccc1. The molecule has 1 aliphatic carbocycles. The maximum absolute atomic E-state index is 13.1. The Bertz CT molecular complexity index is 378. The van der Waals surface area contributed by atoms with Gasteiger partial charge in [-0.25, -0.2) is 9.18 Å². The van der Waals surface area contributed by atoms with Crippen LogP contribution in [0.2, 0.25) is 0 Å². The van der Waals surface area contributed by atoms with Gasteiger partial charge in [-0.15, -0.1) is 0 Å². The Labute approximate surface area is 102 Å². The van der Waals surface area contributed by atoms with Gasteiger partial charge in [0.1, 0.15) is 0 Å². The first-order valence-electron chi connectivity index (χ1n) is 5.19. The van der Waals surface area contributed by atoms with E-state index in [0.29, 0.717) is 18.4 Å². The van der Waals surface area contributed by atoms with Crippen molar-refractivity contribution in [2.24, 2.45) is 5.92 Å². The monoisotopic (exact) mass is 286 g/mol. The van der Waals surface area contributed by atoms with Crippen molar-refractivity contribution in [3.8, 4) is 0 Å². The minimum atomic E-state index is -1.22. The number of alkyl halides is 2. The zero-order valence-corrected chi connectivity index (χ0v) is 10.2. The molecule has 2 unspecified atom stereocenters. The standard InChI is InChI=1S/C12H12BrFO2/c13-12(14)8-10(12)6-7-16-11(15)9-4-2-1-3-5-9/h1-5,10H,6-8H2. The molecule has 1 aliphatic rings. The van der Waals surface area contributed by atoms with E-state index in [-0.39, 0.29) is 18.5 Å². The van der Waals surface area contributed by atoms with Gasteiger partial charge in [-0.1, -0.05) is 18.2 Å².